The first-order chi connectivity index (χ1) is 42.6. The molecule has 0 spiro atoms. The number of aromatic nitrogens is 6. The molecular weight excluding hydrogens is 1270 g/mol. The van der Waals surface area contributed by atoms with E-state index in [0.717, 1.165) is 69.0 Å². The molecule has 484 valence electrons. The number of benzene rings is 3. The Morgan fingerprint density at radius 2 is 0.789 bits per heavy atom. The van der Waals surface area contributed by atoms with Crippen LogP contribution in [0.15, 0.2) is 95.9 Å². The molecule has 90 heavy (non-hydrogen) atoms. The quantitative estimate of drug-likeness (QED) is 0.0473. The van der Waals surface area contributed by atoms with Crippen molar-refractivity contribution in [1.82, 2.24) is 69.2 Å². The number of alkyl carbamates (subject to hydrolysis) is 3. The Balaban J connectivity index is 0.000000275. The summed E-state index contributed by atoms with van der Waals surface area (Å²) in [7, 11) is -3.49. The first-order valence-electron chi connectivity index (χ1n) is 29.1. The highest BCUT2D eigenvalue weighted by Crippen LogP contribution is 2.36. The maximum atomic E-state index is 13.8. The Morgan fingerprint density at radius 3 is 1.10 bits per heavy atom. The predicted octanol–water partition coefficient (Wildman–Crippen LogP) is 6.98. The molecule has 3 saturated heterocycles. The maximum absolute atomic E-state index is 13.8. The lowest BCUT2D eigenvalue weighted by molar-refractivity contribution is -0.136. The van der Waals surface area contributed by atoms with Crippen molar-refractivity contribution >= 4 is 72.0 Å². The van der Waals surface area contributed by atoms with Crippen LogP contribution in [0.2, 0.25) is 0 Å². The molecule has 0 bridgehead atoms. The number of amides is 6. The molecule has 27 nitrogen and oxygen atoms in total. The summed E-state index contributed by atoms with van der Waals surface area (Å²) in [5.74, 6) is -0.123. The summed E-state index contributed by atoms with van der Waals surface area (Å²) in [5.41, 5.74) is 6.89. The number of halogens is 1. The zero-order valence-electron chi connectivity index (χ0n) is 51.9. The van der Waals surface area contributed by atoms with Crippen LogP contribution < -0.4 is 16.0 Å². The third kappa shape index (κ3) is 15.9. The number of aromatic amines is 3. The van der Waals surface area contributed by atoms with Gasteiger partial charge in [0.25, 0.3) is 0 Å². The lowest BCUT2D eigenvalue weighted by atomic mass is 10.0. The lowest BCUT2D eigenvalue weighted by Gasteiger charge is -2.30. The van der Waals surface area contributed by atoms with Gasteiger partial charge in [-0.3, -0.25) is 14.4 Å². The van der Waals surface area contributed by atoms with Crippen molar-refractivity contribution in [2.75, 3.05) is 66.8 Å². The van der Waals surface area contributed by atoms with Crippen molar-refractivity contribution in [1.29, 1.82) is 0 Å². The van der Waals surface area contributed by atoms with Gasteiger partial charge in [-0.25, -0.2) is 46.2 Å². The van der Waals surface area contributed by atoms with Crippen LogP contribution in [0.5, 0.6) is 0 Å². The van der Waals surface area contributed by atoms with Crippen LogP contribution in [0.1, 0.15) is 90.0 Å². The lowest BCUT2D eigenvalue weighted by Crippen LogP contribution is -2.51. The number of carbonyl (C=O) groups excluding carboxylic acids is 6. The fourth-order valence-electron chi connectivity index (χ4n) is 10.9. The number of carbonyl (C=O) groups is 6. The van der Waals surface area contributed by atoms with E-state index in [-0.39, 0.29) is 56.1 Å². The monoisotopic (exact) mass is 1340 g/mol. The highest BCUT2D eigenvalue weighted by atomic mass is 79.9. The van der Waals surface area contributed by atoms with E-state index in [1.54, 1.807) is 51.2 Å². The SMILES string of the molecule is COC(=O)N[C@H](C(=O)N1CCC[C@H]1c1ncc(-c2ccc(-c3ccc(-c4cnc([C@@H]5CN(S(C)(=O)=O)CN5C(=O)[C@@H](NC(=O)OC)C(C)C)[nH]4)cc3)cc2)[nH]1)C(C)C.COC(=O)N[C@H](C(=O)N1CN(S(C)(=O)=O)C[C@H]1c1ncc(-c2ccc(Br)cc2)[nH]1)C(C)C. The Labute approximate surface area is 531 Å². The largest absolute Gasteiger partial charge is 0.453 e. The molecule has 6 atom stereocenters. The van der Waals surface area contributed by atoms with Gasteiger partial charge in [-0.15, -0.1) is 0 Å². The maximum Gasteiger partial charge on any atom is 0.407 e. The molecule has 9 rings (SSSR count). The van der Waals surface area contributed by atoms with E-state index in [2.05, 4.69) is 66.5 Å². The Morgan fingerprint density at radius 1 is 0.489 bits per heavy atom. The molecule has 0 aliphatic carbocycles. The van der Waals surface area contributed by atoms with E-state index in [9.17, 15) is 45.6 Å². The minimum atomic E-state index is -3.64. The molecular formula is C60H77BrN14O13S2. The molecule has 6 N–H and O–H groups in total. The van der Waals surface area contributed by atoms with Gasteiger partial charge in [0.1, 0.15) is 47.7 Å². The number of hydrogen-bond donors (Lipinski definition) is 6. The van der Waals surface area contributed by atoms with Crippen LogP contribution in [-0.4, -0.2) is 191 Å². The second kappa shape index (κ2) is 28.7. The number of rotatable bonds is 18. The summed E-state index contributed by atoms with van der Waals surface area (Å²) in [4.78, 5) is 105. The standard InChI is InChI=1S/C40H51N9O8S.C20H26BrN5O5S/c1-23(2)33(45-39(52)56-5)37(50)48-18-8-9-31(48)35-41-19-29(43-35)27-14-10-25(11-15-27)26-12-16-28(17-13-26)30-20-42-36(44-30)32-21-47(58(7,54)55)22-49(32)38(51)34(24(3)4)46-40(53)57-6;1-12(2)17(24-20(28)31-3)19(27)26-11-25(32(4,29)30)10-16(26)18-22-9-15(23-18)13-5-7-14(21)8-6-13/h10-17,19-20,23-24,31-34H,8-9,18,21-22H2,1-7H3,(H,41,43)(H,42,44)(H,45,52)(H,46,53);5-9,12,16-17H,10-11H2,1-4H3,(H,22,23)(H,24,28)/t31-,32-,33-,34-;16-,17-/m00/s1. The Hall–Kier alpha value is -8.19. The molecule has 3 aliphatic heterocycles. The van der Waals surface area contributed by atoms with Gasteiger partial charge in [0, 0.05) is 24.1 Å². The summed E-state index contributed by atoms with van der Waals surface area (Å²) in [5, 5.41) is 7.81. The van der Waals surface area contributed by atoms with E-state index in [1.165, 1.54) is 39.7 Å². The number of imidazole rings is 3. The summed E-state index contributed by atoms with van der Waals surface area (Å²) < 4.78 is 67.1. The van der Waals surface area contributed by atoms with E-state index in [4.69, 9.17) is 9.47 Å². The number of hydrogen-bond acceptors (Lipinski definition) is 16. The zero-order chi connectivity index (χ0) is 65.5. The first kappa shape index (κ1) is 67.7. The van der Waals surface area contributed by atoms with Crippen molar-refractivity contribution in [2.24, 2.45) is 17.8 Å². The fourth-order valence-corrected chi connectivity index (χ4v) is 12.6. The number of H-pyrrole nitrogens is 3. The van der Waals surface area contributed by atoms with Crippen molar-refractivity contribution in [3.63, 3.8) is 0 Å². The van der Waals surface area contributed by atoms with E-state index in [1.807, 2.05) is 86.6 Å². The van der Waals surface area contributed by atoms with Crippen LogP contribution in [-0.2, 0) is 48.6 Å². The van der Waals surface area contributed by atoms with Gasteiger partial charge in [0.05, 0.1) is 88.9 Å². The summed E-state index contributed by atoms with van der Waals surface area (Å²) in [6, 6.07) is 19.5. The summed E-state index contributed by atoms with van der Waals surface area (Å²) in [6.45, 7) is 11.2. The molecule has 6 amide bonds. The molecule has 3 aliphatic rings. The molecule has 6 heterocycles. The Bertz CT molecular complexity index is 3770. The van der Waals surface area contributed by atoms with Gasteiger partial charge < -0.3 is 59.8 Å². The minimum Gasteiger partial charge on any atom is -0.453 e. The van der Waals surface area contributed by atoms with Crippen LogP contribution in [0.4, 0.5) is 14.4 Å². The number of nitrogens with one attached hydrogen (secondary N) is 6. The van der Waals surface area contributed by atoms with E-state index >= 15 is 0 Å². The van der Waals surface area contributed by atoms with Crippen molar-refractivity contribution in [2.45, 2.75) is 90.6 Å². The fraction of sp³-hybridized carbons (Fsp3) is 0.450. The molecule has 30 heteroatoms. The highest BCUT2D eigenvalue weighted by molar-refractivity contribution is 9.10. The number of ether oxygens (including phenoxy) is 3. The molecule has 3 aromatic heterocycles. The van der Waals surface area contributed by atoms with Gasteiger partial charge in [-0.2, -0.15) is 8.61 Å². The van der Waals surface area contributed by atoms with Gasteiger partial charge in [-0.1, -0.05) is 118 Å². The van der Waals surface area contributed by atoms with E-state index < -0.39 is 80.3 Å². The molecule has 0 unspecified atom stereocenters. The number of likely N-dealkylation sites (tertiary alicyclic amines) is 1. The summed E-state index contributed by atoms with van der Waals surface area (Å²) in [6.07, 6.45) is 6.71. The smallest absolute Gasteiger partial charge is 0.407 e. The first-order valence-corrected chi connectivity index (χ1v) is 33.6. The molecule has 3 fully saturated rings. The van der Waals surface area contributed by atoms with Crippen molar-refractivity contribution in [3.8, 4) is 44.9 Å². The average Bonchev–Trinajstić information content (AvgIpc) is 1.82. The molecule has 0 saturated carbocycles. The second-order valence-corrected chi connectivity index (χ2v) is 28.1. The third-order valence-corrected chi connectivity index (χ3v) is 18.9. The molecule has 3 aromatic carbocycles. The van der Waals surface area contributed by atoms with Gasteiger partial charge in [0.2, 0.25) is 37.8 Å². The second-order valence-electron chi connectivity index (χ2n) is 23.2. The van der Waals surface area contributed by atoms with Crippen LogP contribution in [0.3, 0.4) is 0 Å². The van der Waals surface area contributed by atoms with E-state index in [0.29, 0.717) is 29.7 Å². The summed E-state index contributed by atoms with van der Waals surface area (Å²) >= 11 is 3.40. The van der Waals surface area contributed by atoms with Crippen molar-refractivity contribution < 1.29 is 59.8 Å². The zero-order valence-corrected chi connectivity index (χ0v) is 55.1. The number of methoxy groups -OCH3 is 3. The number of nitrogens with zero attached hydrogens (tertiary/aromatic N) is 8. The van der Waals surface area contributed by atoms with Crippen LogP contribution in [0.25, 0.3) is 44.9 Å². The molecule has 0 radical (unpaired) electrons. The molecule has 6 aromatic rings. The highest BCUT2D eigenvalue weighted by Gasteiger charge is 2.45. The normalized spacial score (nSPS) is 18.3. The topological polar surface area (TPSA) is 337 Å². The third-order valence-electron chi connectivity index (χ3n) is 16.0. The van der Waals surface area contributed by atoms with Crippen LogP contribution >= 0.6 is 15.9 Å². The van der Waals surface area contributed by atoms with Gasteiger partial charge in [0.15, 0.2) is 0 Å². The van der Waals surface area contributed by atoms with Crippen molar-refractivity contribution in [3.05, 3.63) is 113 Å². The minimum absolute atomic E-state index is 0.00296. The number of sulfonamides is 2. The van der Waals surface area contributed by atoms with Gasteiger partial charge in [-0.05, 0) is 70.5 Å². The predicted molar refractivity (Wildman–Crippen MR) is 337 cm³/mol. The Kier molecular flexibility index (Phi) is 21.6. The van der Waals surface area contributed by atoms with Crippen LogP contribution in [0, 0.1) is 17.8 Å². The average molecular weight is 1350 g/mol. The van der Waals surface area contributed by atoms with Gasteiger partial charge >= 0.3 is 18.3 Å².